The number of rotatable bonds is 1. The highest BCUT2D eigenvalue weighted by molar-refractivity contribution is 5.85. The van der Waals surface area contributed by atoms with Gasteiger partial charge in [0, 0.05) is 6.54 Å². The molecule has 58 valence electrons. The van der Waals surface area contributed by atoms with Crippen LogP contribution < -0.4 is 11.2 Å². The summed E-state index contributed by atoms with van der Waals surface area (Å²) in [5.74, 6) is 4.89. The van der Waals surface area contributed by atoms with E-state index in [1.54, 1.807) is 0 Å². The molecule has 0 aromatic heterocycles. The standard InChI is InChI=1S/C4H10N2O.2ClH/c5-7-4-1-2-6-3-4;;/h4,6H,1-3,5H2;2*1H/t4-;;/m1../s1. The molecular formula is C4H12Cl2N2O. The van der Waals surface area contributed by atoms with E-state index in [-0.39, 0.29) is 30.9 Å². The third kappa shape index (κ3) is 3.95. The molecule has 1 aliphatic heterocycles. The lowest BCUT2D eigenvalue weighted by molar-refractivity contribution is 0.0678. The fourth-order valence-electron chi connectivity index (χ4n) is 0.744. The Morgan fingerprint density at radius 1 is 1.44 bits per heavy atom. The zero-order valence-corrected chi connectivity index (χ0v) is 6.63. The predicted octanol–water partition coefficient (Wildman–Crippen LogP) is 0.0822. The molecule has 0 aromatic rings. The van der Waals surface area contributed by atoms with Crippen LogP contribution in [0.3, 0.4) is 0 Å². The highest BCUT2D eigenvalue weighted by atomic mass is 35.5. The first-order valence-electron chi connectivity index (χ1n) is 2.50. The maximum Gasteiger partial charge on any atom is 0.0923 e. The van der Waals surface area contributed by atoms with Gasteiger partial charge in [0.15, 0.2) is 0 Å². The lowest BCUT2D eigenvalue weighted by Crippen LogP contribution is -2.19. The number of nitrogens with two attached hydrogens (primary N) is 1. The Morgan fingerprint density at radius 3 is 2.33 bits per heavy atom. The summed E-state index contributed by atoms with van der Waals surface area (Å²) in [5.41, 5.74) is 0. The summed E-state index contributed by atoms with van der Waals surface area (Å²) in [4.78, 5) is 4.55. The smallest absolute Gasteiger partial charge is 0.0923 e. The van der Waals surface area contributed by atoms with Crippen molar-refractivity contribution in [1.29, 1.82) is 0 Å². The predicted molar refractivity (Wildman–Crippen MR) is 41.0 cm³/mol. The van der Waals surface area contributed by atoms with Crippen LogP contribution in [0.2, 0.25) is 0 Å². The maximum absolute atomic E-state index is 4.89. The van der Waals surface area contributed by atoms with E-state index in [2.05, 4.69) is 10.2 Å². The SMILES string of the molecule is Cl.Cl.NO[C@@H]1CCNC1. The average molecular weight is 175 g/mol. The van der Waals surface area contributed by atoms with Gasteiger partial charge in [-0.3, -0.25) is 4.84 Å². The van der Waals surface area contributed by atoms with Crippen molar-refractivity contribution in [3.8, 4) is 0 Å². The first-order valence-corrected chi connectivity index (χ1v) is 2.50. The van der Waals surface area contributed by atoms with E-state index < -0.39 is 0 Å². The number of hydrogen-bond donors (Lipinski definition) is 2. The lowest BCUT2D eigenvalue weighted by Gasteiger charge is -2.00. The Balaban J connectivity index is 0. The van der Waals surface area contributed by atoms with Crippen molar-refractivity contribution in [2.45, 2.75) is 12.5 Å². The molecular weight excluding hydrogens is 163 g/mol. The fraction of sp³-hybridized carbons (Fsp3) is 1.00. The van der Waals surface area contributed by atoms with Crippen LogP contribution in [0.15, 0.2) is 0 Å². The van der Waals surface area contributed by atoms with E-state index in [4.69, 9.17) is 5.90 Å². The van der Waals surface area contributed by atoms with Crippen LogP contribution in [0.1, 0.15) is 6.42 Å². The van der Waals surface area contributed by atoms with Gasteiger partial charge < -0.3 is 5.32 Å². The molecule has 0 aromatic carbocycles. The minimum absolute atomic E-state index is 0. The van der Waals surface area contributed by atoms with Crippen LogP contribution in [0, 0.1) is 0 Å². The second kappa shape index (κ2) is 6.58. The van der Waals surface area contributed by atoms with Gasteiger partial charge in [-0.05, 0) is 13.0 Å². The van der Waals surface area contributed by atoms with Crippen LogP contribution in [0.25, 0.3) is 0 Å². The summed E-state index contributed by atoms with van der Waals surface area (Å²) in [6.45, 7) is 1.96. The van der Waals surface area contributed by atoms with Crippen LogP contribution >= 0.6 is 24.8 Å². The molecule has 0 saturated carbocycles. The minimum atomic E-state index is 0. The van der Waals surface area contributed by atoms with Crippen molar-refractivity contribution in [2.24, 2.45) is 5.90 Å². The van der Waals surface area contributed by atoms with Gasteiger partial charge in [-0.25, -0.2) is 5.90 Å². The molecule has 0 radical (unpaired) electrons. The molecule has 3 N–H and O–H groups in total. The van der Waals surface area contributed by atoms with E-state index in [9.17, 15) is 0 Å². The van der Waals surface area contributed by atoms with Crippen molar-refractivity contribution >= 4 is 24.8 Å². The van der Waals surface area contributed by atoms with Crippen LogP contribution in [0.4, 0.5) is 0 Å². The second-order valence-electron chi connectivity index (χ2n) is 1.75. The molecule has 0 aliphatic carbocycles. The number of nitrogens with one attached hydrogen (secondary N) is 1. The summed E-state index contributed by atoms with van der Waals surface area (Å²) in [6.07, 6.45) is 1.32. The molecule has 9 heavy (non-hydrogen) atoms. The lowest BCUT2D eigenvalue weighted by atomic mass is 10.3. The molecule has 0 bridgehead atoms. The molecule has 1 heterocycles. The monoisotopic (exact) mass is 174 g/mol. The van der Waals surface area contributed by atoms with Gasteiger partial charge in [-0.15, -0.1) is 24.8 Å². The molecule has 3 nitrogen and oxygen atoms in total. The Morgan fingerprint density at radius 2 is 2.11 bits per heavy atom. The van der Waals surface area contributed by atoms with Gasteiger partial charge in [0.25, 0.3) is 0 Å². The van der Waals surface area contributed by atoms with E-state index >= 15 is 0 Å². The van der Waals surface area contributed by atoms with Crippen LogP contribution in [0.5, 0.6) is 0 Å². The first kappa shape index (κ1) is 12.2. The van der Waals surface area contributed by atoms with E-state index in [1.807, 2.05) is 0 Å². The van der Waals surface area contributed by atoms with E-state index in [1.165, 1.54) is 0 Å². The van der Waals surface area contributed by atoms with Crippen LogP contribution in [-0.2, 0) is 4.84 Å². The zero-order chi connectivity index (χ0) is 5.11. The van der Waals surface area contributed by atoms with Crippen molar-refractivity contribution in [3.63, 3.8) is 0 Å². The van der Waals surface area contributed by atoms with Crippen LogP contribution in [-0.4, -0.2) is 19.2 Å². The van der Waals surface area contributed by atoms with Gasteiger partial charge in [0.05, 0.1) is 6.10 Å². The molecule has 5 heteroatoms. The zero-order valence-electron chi connectivity index (χ0n) is 5.00. The Kier molecular flexibility index (Phi) is 8.89. The van der Waals surface area contributed by atoms with Gasteiger partial charge >= 0.3 is 0 Å². The van der Waals surface area contributed by atoms with Gasteiger partial charge in [-0.2, -0.15) is 0 Å². The van der Waals surface area contributed by atoms with Gasteiger partial charge in [-0.1, -0.05) is 0 Å². The minimum Gasteiger partial charge on any atom is -0.314 e. The molecule has 1 saturated heterocycles. The molecule has 1 fully saturated rings. The second-order valence-corrected chi connectivity index (χ2v) is 1.75. The highest BCUT2D eigenvalue weighted by Crippen LogP contribution is 1.97. The maximum atomic E-state index is 4.89. The largest absolute Gasteiger partial charge is 0.314 e. The number of hydrogen-bond acceptors (Lipinski definition) is 3. The Hall–Kier alpha value is 0.460. The summed E-state index contributed by atoms with van der Waals surface area (Å²) in [6, 6.07) is 0. The van der Waals surface area contributed by atoms with Gasteiger partial charge in [0.2, 0.25) is 0 Å². The highest BCUT2D eigenvalue weighted by Gasteiger charge is 2.12. The summed E-state index contributed by atoms with van der Waals surface area (Å²) < 4.78 is 0. The first-order chi connectivity index (χ1) is 3.43. The number of halogens is 2. The van der Waals surface area contributed by atoms with Crippen molar-refractivity contribution < 1.29 is 4.84 Å². The average Bonchev–Trinajstić information content (AvgIpc) is 2.14. The Bertz CT molecular complexity index is 58.5. The third-order valence-corrected chi connectivity index (χ3v) is 1.21. The molecule has 0 spiro atoms. The summed E-state index contributed by atoms with van der Waals surface area (Å²) in [7, 11) is 0. The normalized spacial score (nSPS) is 24.3. The molecule has 1 aliphatic rings. The van der Waals surface area contributed by atoms with Gasteiger partial charge in [0.1, 0.15) is 0 Å². The van der Waals surface area contributed by atoms with Crippen molar-refractivity contribution in [3.05, 3.63) is 0 Å². The topological polar surface area (TPSA) is 47.3 Å². The molecule has 1 atom stereocenters. The Labute approximate surface area is 67.1 Å². The molecule has 1 rings (SSSR count). The quantitative estimate of drug-likeness (QED) is 0.555. The summed E-state index contributed by atoms with van der Waals surface area (Å²) in [5, 5.41) is 3.12. The van der Waals surface area contributed by atoms with E-state index in [0.29, 0.717) is 0 Å². The molecule has 0 unspecified atom stereocenters. The summed E-state index contributed by atoms with van der Waals surface area (Å²) >= 11 is 0. The molecule has 0 amide bonds. The third-order valence-electron chi connectivity index (χ3n) is 1.21. The van der Waals surface area contributed by atoms with Crippen molar-refractivity contribution in [1.82, 2.24) is 5.32 Å². The van der Waals surface area contributed by atoms with Crippen molar-refractivity contribution in [2.75, 3.05) is 13.1 Å². The fourth-order valence-corrected chi connectivity index (χ4v) is 0.744. The van der Waals surface area contributed by atoms with E-state index in [0.717, 1.165) is 19.5 Å².